The van der Waals surface area contributed by atoms with E-state index in [4.69, 9.17) is 5.73 Å². The summed E-state index contributed by atoms with van der Waals surface area (Å²) in [7, 11) is -3.72. The molecular formula is C10H15FN2O2S2. The number of anilines is 1. The van der Waals surface area contributed by atoms with Gasteiger partial charge in [0, 0.05) is 6.54 Å². The van der Waals surface area contributed by atoms with Crippen LogP contribution in [0.5, 0.6) is 0 Å². The second-order valence-corrected chi connectivity index (χ2v) is 6.15. The van der Waals surface area contributed by atoms with Crippen molar-refractivity contribution in [3.05, 3.63) is 24.0 Å². The van der Waals surface area contributed by atoms with Crippen molar-refractivity contribution in [1.29, 1.82) is 0 Å². The molecule has 96 valence electrons. The summed E-state index contributed by atoms with van der Waals surface area (Å²) in [6, 6.07) is 3.29. The molecule has 0 bridgehead atoms. The molecule has 1 aromatic rings. The first-order chi connectivity index (χ1) is 7.97. The van der Waals surface area contributed by atoms with Gasteiger partial charge in [0.25, 0.3) is 0 Å². The van der Waals surface area contributed by atoms with Gasteiger partial charge < -0.3 is 5.73 Å². The maximum atomic E-state index is 13.0. The lowest BCUT2D eigenvalue weighted by Gasteiger charge is -2.08. The van der Waals surface area contributed by atoms with Gasteiger partial charge in [0.2, 0.25) is 10.0 Å². The van der Waals surface area contributed by atoms with Crippen molar-refractivity contribution in [1.82, 2.24) is 4.72 Å². The molecule has 0 radical (unpaired) electrons. The van der Waals surface area contributed by atoms with Crippen molar-refractivity contribution >= 4 is 27.5 Å². The van der Waals surface area contributed by atoms with E-state index in [2.05, 4.69) is 4.72 Å². The van der Waals surface area contributed by atoms with Crippen LogP contribution >= 0.6 is 11.8 Å². The first-order valence-electron chi connectivity index (χ1n) is 5.01. The van der Waals surface area contributed by atoms with Gasteiger partial charge in [-0.05, 0) is 36.6 Å². The second-order valence-electron chi connectivity index (χ2n) is 3.43. The molecule has 0 aliphatic heterocycles. The summed E-state index contributed by atoms with van der Waals surface area (Å²) < 4.78 is 39.0. The van der Waals surface area contributed by atoms with E-state index in [9.17, 15) is 12.8 Å². The highest BCUT2D eigenvalue weighted by molar-refractivity contribution is 7.98. The number of halogens is 1. The van der Waals surface area contributed by atoms with E-state index in [1.54, 1.807) is 11.8 Å². The fourth-order valence-corrected chi connectivity index (χ4v) is 2.89. The molecule has 7 heteroatoms. The molecule has 1 rings (SSSR count). The van der Waals surface area contributed by atoms with E-state index in [0.717, 1.165) is 24.3 Å². The van der Waals surface area contributed by atoms with Gasteiger partial charge in [0.05, 0.1) is 5.69 Å². The molecule has 0 aliphatic carbocycles. The predicted octanol–water partition coefficient (Wildman–Crippen LogP) is 1.44. The van der Waals surface area contributed by atoms with Crippen molar-refractivity contribution in [2.45, 2.75) is 11.3 Å². The average Bonchev–Trinajstić information content (AvgIpc) is 2.28. The van der Waals surface area contributed by atoms with Crippen LogP contribution in [-0.4, -0.2) is 27.0 Å². The average molecular weight is 278 g/mol. The highest BCUT2D eigenvalue weighted by atomic mass is 32.2. The van der Waals surface area contributed by atoms with Crippen LogP contribution in [-0.2, 0) is 10.0 Å². The van der Waals surface area contributed by atoms with Crippen LogP contribution in [0.15, 0.2) is 23.1 Å². The monoisotopic (exact) mass is 278 g/mol. The number of nitrogen functional groups attached to an aromatic ring is 1. The summed E-state index contributed by atoms with van der Waals surface area (Å²) in [5, 5.41) is 0. The maximum absolute atomic E-state index is 13.0. The molecule has 3 N–H and O–H groups in total. The molecule has 0 heterocycles. The van der Waals surface area contributed by atoms with Gasteiger partial charge in [-0.1, -0.05) is 0 Å². The predicted molar refractivity (Wildman–Crippen MR) is 69.0 cm³/mol. The number of sulfonamides is 1. The number of hydrogen-bond donors (Lipinski definition) is 2. The van der Waals surface area contributed by atoms with Gasteiger partial charge in [-0.2, -0.15) is 11.8 Å². The van der Waals surface area contributed by atoms with Crippen molar-refractivity contribution in [2.75, 3.05) is 24.3 Å². The van der Waals surface area contributed by atoms with Crippen LogP contribution in [0.1, 0.15) is 6.42 Å². The molecule has 0 saturated carbocycles. The fraction of sp³-hybridized carbons (Fsp3) is 0.400. The zero-order valence-corrected chi connectivity index (χ0v) is 11.1. The van der Waals surface area contributed by atoms with E-state index >= 15 is 0 Å². The van der Waals surface area contributed by atoms with E-state index in [1.165, 1.54) is 6.07 Å². The van der Waals surface area contributed by atoms with Crippen molar-refractivity contribution in [3.8, 4) is 0 Å². The Kier molecular flexibility index (Phi) is 5.23. The van der Waals surface area contributed by atoms with Gasteiger partial charge in [-0.25, -0.2) is 17.5 Å². The SMILES string of the molecule is CSCCCNS(=O)(=O)c1cc(F)ccc1N. The van der Waals surface area contributed by atoms with Crippen LogP contribution < -0.4 is 10.5 Å². The van der Waals surface area contributed by atoms with E-state index < -0.39 is 15.8 Å². The van der Waals surface area contributed by atoms with Crippen molar-refractivity contribution < 1.29 is 12.8 Å². The zero-order chi connectivity index (χ0) is 12.9. The number of hydrogen-bond acceptors (Lipinski definition) is 4. The number of thioether (sulfide) groups is 1. The molecular weight excluding hydrogens is 263 g/mol. The Morgan fingerprint density at radius 1 is 1.47 bits per heavy atom. The first kappa shape index (κ1) is 14.3. The molecule has 0 unspecified atom stereocenters. The van der Waals surface area contributed by atoms with E-state index in [0.29, 0.717) is 6.54 Å². The Morgan fingerprint density at radius 3 is 2.82 bits per heavy atom. The molecule has 0 fully saturated rings. The number of nitrogens with one attached hydrogen (secondary N) is 1. The molecule has 4 nitrogen and oxygen atoms in total. The van der Waals surface area contributed by atoms with Gasteiger partial charge in [-0.3, -0.25) is 0 Å². The number of benzene rings is 1. The molecule has 0 aliphatic rings. The number of rotatable bonds is 6. The lowest BCUT2D eigenvalue weighted by molar-refractivity contribution is 0.578. The molecule has 0 amide bonds. The van der Waals surface area contributed by atoms with Crippen LogP contribution in [0.2, 0.25) is 0 Å². The zero-order valence-electron chi connectivity index (χ0n) is 9.44. The third-order valence-electron chi connectivity index (χ3n) is 2.08. The Labute approximate surface area is 105 Å². The highest BCUT2D eigenvalue weighted by Gasteiger charge is 2.17. The molecule has 0 atom stereocenters. The molecule has 17 heavy (non-hydrogen) atoms. The summed E-state index contributed by atoms with van der Waals surface area (Å²) in [6.07, 6.45) is 2.66. The van der Waals surface area contributed by atoms with Crippen LogP contribution in [0.25, 0.3) is 0 Å². The Bertz CT molecular complexity index is 477. The van der Waals surface area contributed by atoms with Crippen LogP contribution in [0.4, 0.5) is 10.1 Å². The van der Waals surface area contributed by atoms with Crippen LogP contribution in [0.3, 0.4) is 0 Å². The molecule has 0 aromatic heterocycles. The summed E-state index contributed by atoms with van der Waals surface area (Å²) in [5.41, 5.74) is 5.56. The largest absolute Gasteiger partial charge is 0.398 e. The normalized spacial score (nSPS) is 11.6. The van der Waals surface area contributed by atoms with E-state index in [-0.39, 0.29) is 10.6 Å². The Balaban J connectivity index is 2.79. The summed E-state index contributed by atoms with van der Waals surface area (Å²) in [6.45, 7) is 0.319. The van der Waals surface area contributed by atoms with Gasteiger partial charge in [0.1, 0.15) is 10.7 Å². The standard InChI is InChI=1S/C10H15FN2O2S2/c1-16-6-2-5-13-17(14,15)10-7-8(11)3-4-9(10)12/h3-4,7,13H,2,5-6,12H2,1H3. The Hall–Kier alpha value is -0.790. The summed E-state index contributed by atoms with van der Waals surface area (Å²) in [5.74, 6) is 0.241. The first-order valence-corrected chi connectivity index (χ1v) is 7.88. The third kappa shape index (κ3) is 4.18. The molecule has 1 aromatic carbocycles. The van der Waals surface area contributed by atoms with Gasteiger partial charge >= 0.3 is 0 Å². The van der Waals surface area contributed by atoms with Crippen LogP contribution in [0, 0.1) is 5.82 Å². The van der Waals surface area contributed by atoms with Gasteiger partial charge in [0.15, 0.2) is 0 Å². The fourth-order valence-electron chi connectivity index (χ4n) is 1.24. The number of nitrogens with two attached hydrogens (primary N) is 1. The molecule has 0 saturated heterocycles. The second kappa shape index (κ2) is 6.23. The lowest BCUT2D eigenvalue weighted by Crippen LogP contribution is -2.26. The van der Waals surface area contributed by atoms with E-state index in [1.807, 2.05) is 6.26 Å². The lowest BCUT2D eigenvalue weighted by atomic mass is 10.3. The minimum Gasteiger partial charge on any atom is -0.398 e. The van der Waals surface area contributed by atoms with Crippen molar-refractivity contribution in [2.24, 2.45) is 0 Å². The highest BCUT2D eigenvalue weighted by Crippen LogP contribution is 2.18. The summed E-state index contributed by atoms with van der Waals surface area (Å²) in [4.78, 5) is -0.207. The van der Waals surface area contributed by atoms with Crippen molar-refractivity contribution in [3.63, 3.8) is 0 Å². The smallest absolute Gasteiger partial charge is 0.242 e. The third-order valence-corrected chi connectivity index (χ3v) is 4.30. The quantitative estimate of drug-likeness (QED) is 0.610. The molecule has 0 spiro atoms. The Morgan fingerprint density at radius 2 is 2.18 bits per heavy atom. The summed E-state index contributed by atoms with van der Waals surface area (Å²) >= 11 is 1.63. The maximum Gasteiger partial charge on any atom is 0.242 e. The minimum absolute atomic E-state index is 0.0452. The topological polar surface area (TPSA) is 72.2 Å². The van der Waals surface area contributed by atoms with Gasteiger partial charge in [-0.15, -0.1) is 0 Å². The minimum atomic E-state index is -3.72.